The molecule has 0 aliphatic carbocycles. The molecule has 1 aromatic rings. The van der Waals surface area contributed by atoms with E-state index < -0.39 is 0 Å². The molecule has 0 saturated heterocycles. The van der Waals surface area contributed by atoms with Crippen LogP contribution >= 0.6 is 11.8 Å². The third-order valence-corrected chi connectivity index (χ3v) is 1.53. The first-order chi connectivity index (χ1) is 4.72. The van der Waals surface area contributed by atoms with Crippen molar-refractivity contribution in [3.63, 3.8) is 0 Å². The molecule has 1 heterocycles. The van der Waals surface area contributed by atoms with Gasteiger partial charge in [0.05, 0.1) is 0 Å². The Bertz CT molecular complexity index is 215. The zero-order valence-corrected chi connectivity index (χ0v) is 6.90. The Morgan fingerprint density at radius 2 is 1.80 bits per heavy atom. The van der Waals surface area contributed by atoms with E-state index in [1.54, 1.807) is 0 Å². The second-order valence-electron chi connectivity index (χ2n) is 2.08. The van der Waals surface area contributed by atoms with E-state index in [0.717, 1.165) is 16.5 Å². The third-order valence-electron chi connectivity index (χ3n) is 1.09. The van der Waals surface area contributed by atoms with Crippen LogP contribution in [0.5, 0.6) is 0 Å². The number of aryl methyl sites for hydroxylation is 2. The molecule has 0 fully saturated rings. The molecule has 0 unspecified atom stereocenters. The highest BCUT2D eigenvalue weighted by Gasteiger charge is 1.95. The zero-order valence-electron chi connectivity index (χ0n) is 6.09. The Morgan fingerprint density at radius 1 is 1.30 bits per heavy atom. The molecule has 0 aliphatic rings. The minimum absolute atomic E-state index is 0.748. The highest BCUT2D eigenvalue weighted by Crippen LogP contribution is 2.10. The maximum Gasteiger partial charge on any atom is 0.188 e. The third kappa shape index (κ3) is 1.70. The van der Waals surface area contributed by atoms with Gasteiger partial charge in [0.25, 0.3) is 0 Å². The SMILES string of the molecule is [CH2]Sc1nc(C)cc(C)n1. The van der Waals surface area contributed by atoms with E-state index in [4.69, 9.17) is 0 Å². The zero-order chi connectivity index (χ0) is 7.56. The molecule has 3 heteroatoms. The standard InChI is InChI=1S/C7H9N2S/c1-5-4-6(2)9-7(8-5)10-3/h4H,3H2,1-2H3. The van der Waals surface area contributed by atoms with Crippen LogP contribution in [0.25, 0.3) is 0 Å². The molecule has 1 radical (unpaired) electrons. The fourth-order valence-corrected chi connectivity index (χ4v) is 1.18. The number of hydrogen-bond donors (Lipinski definition) is 0. The molecular weight excluding hydrogens is 144 g/mol. The summed E-state index contributed by atoms with van der Waals surface area (Å²) in [7, 11) is 0. The number of rotatable bonds is 1. The van der Waals surface area contributed by atoms with Gasteiger partial charge in [-0.15, -0.1) is 0 Å². The van der Waals surface area contributed by atoms with Crippen molar-refractivity contribution in [2.75, 3.05) is 0 Å². The van der Waals surface area contributed by atoms with E-state index in [0.29, 0.717) is 0 Å². The van der Waals surface area contributed by atoms with Gasteiger partial charge in [-0.25, -0.2) is 9.97 Å². The van der Waals surface area contributed by atoms with Gasteiger partial charge in [-0.2, -0.15) is 0 Å². The summed E-state index contributed by atoms with van der Waals surface area (Å²) in [6.45, 7) is 3.91. The van der Waals surface area contributed by atoms with Gasteiger partial charge in [-0.3, -0.25) is 0 Å². The van der Waals surface area contributed by atoms with E-state index in [-0.39, 0.29) is 0 Å². The van der Waals surface area contributed by atoms with Gasteiger partial charge < -0.3 is 0 Å². The van der Waals surface area contributed by atoms with Crippen LogP contribution in [0, 0.1) is 20.1 Å². The van der Waals surface area contributed by atoms with Gasteiger partial charge in [-0.05, 0) is 19.9 Å². The van der Waals surface area contributed by atoms with Gasteiger partial charge in [0.2, 0.25) is 0 Å². The summed E-state index contributed by atoms with van der Waals surface area (Å²) in [6, 6.07) is 1.94. The summed E-state index contributed by atoms with van der Waals surface area (Å²) in [5.41, 5.74) is 2.00. The number of aromatic nitrogens is 2. The van der Waals surface area contributed by atoms with Gasteiger partial charge in [-0.1, -0.05) is 11.8 Å². The maximum atomic E-state index is 4.14. The molecule has 0 aromatic carbocycles. The molecule has 53 valence electrons. The van der Waals surface area contributed by atoms with E-state index in [9.17, 15) is 0 Å². The summed E-state index contributed by atoms with van der Waals surface area (Å²) in [6.07, 6.45) is 3.63. The molecule has 0 atom stereocenters. The van der Waals surface area contributed by atoms with E-state index in [1.165, 1.54) is 11.8 Å². The molecule has 0 saturated carbocycles. The quantitative estimate of drug-likeness (QED) is 0.455. The predicted molar refractivity (Wildman–Crippen MR) is 42.7 cm³/mol. The first kappa shape index (κ1) is 7.54. The highest BCUT2D eigenvalue weighted by atomic mass is 32.2. The van der Waals surface area contributed by atoms with Crippen molar-refractivity contribution in [3.8, 4) is 0 Å². The molecule has 2 nitrogen and oxygen atoms in total. The number of nitrogens with zero attached hydrogens (tertiary/aromatic N) is 2. The lowest BCUT2D eigenvalue weighted by atomic mass is 10.4. The van der Waals surface area contributed by atoms with Crippen LogP contribution in [0.2, 0.25) is 0 Å². The summed E-state index contributed by atoms with van der Waals surface area (Å²) in [5, 5.41) is 0.748. The highest BCUT2D eigenvalue weighted by molar-refractivity contribution is 8.00. The molecule has 0 amide bonds. The molecule has 0 bridgehead atoms. The molecule has 0 N–H and O–H groups in total. The van der Waals surface area contributed by atoms with E-state index in [2.05, 4.69) is 16.2 Å². The van der Waals surface area contributed by atoms with Crippen LogP contribution < -0.4 is 0 Å². The molecule has 1 aromatic heterocycles. The Hall–Kier alpha value is -0.570. The summed E-state index contributed by atoms with van der Waals surface area (Å²) >= 11 is 1.32. The molecule has 0 spiro atoms. The van der Waals surface area contributed by atoms with Crippen LogP contribution in [-0.4, -0.2) is 9.97 Å². The smallest absolute Gasteiger partial charge is 0.188 e. The Labute approximate surface area is 65.1 Å². The normalized spacial score (nSPS) is 9.90. The van der Waals surface area contributed by atoms with Crippen molar-refractivity contribution in [1.29, 1.82) is 0 Å². The molecule has 1 rings (SSSR count). The van der Waals surface area contributed by atoms with Crippen molar-refractivity contribution in [1.82, 2.24) is 9.97 Å². The van der Waals surface area contributed by atoms with Crippen molar-refractivity contribution >= 4 is 11.8 Å². The average molecular weight is 153 g/mol. The summed E-state index contributed by atoms with van der Waals surface area (Å²) < 4.78 is 0. The van der Waals surface area contributed by atoms with Crippen molar-refractivity contribution in [2.45, 2.75) is 19.0 Å². The molecule has 0 aliphatic heterocycles. The first-order valence-electron chi connectivity index (χ1n) is 2.96. The predicted octanol–water partition coefficient (Wildman–Crippen LogP) is 1.98. The van der Waals surface area contributed by atoms with Crippen LogP contribution in [0.15, 0.2) is 11.2 Å². The number of hydrogen-bond acceptors (Lipinski definition) is 3. The van der Waals surface area contributed by atoms with Crippen LogP contribution in [-0.2, 0) is 0 Å². The monoisotopic (exact) mass is 153 g/mol. The lowest BCUT2D eigenvalue weighted by Gasteiger charge is -1.97. The van der Waals surface area contributed by atoms with Gasteiger partial charge in [0.15, 0.2) is 5.16 Å². The molecule has 10 heavy (non-hydrogen) atoms. The maximum absolute atomic E-state index is 4.14. The molecular formula is C7H9N2S. The minimum atomic E-state index is 0.748. The van der Waals surface area contributed by atoms with Crippen molar-refractivity contribution in [3.05, 3.63) is 23.7 Å². The van der Waals surface area contributed by atoms with Crippen LogP contribution in [0.4, 0.5) is 0 Å². The van der Waals surface area contributed by atoms with Crippen LogP contribution in [0.1, 0.15) is 11.4 Å². The average Bonchev–Trinajstić information content (AvgIpc) is 1.85. The fourth-order valence-electron chi connectivity index (χ4n) is 0.758. The lowest BCUT2D eigenvalue weighted by molar-refractivity contribution is 0.905. The van der Waals surface area contributed by atoms with E-state index >= 15 is 0 Å². The number of thioether (sulfide) groups is 1. The first-order valence-corrected chi connectivity index (χ1v) is 3.95. The summed E-state index contributed by atoms with van der Waals surface area (Å²) in [5.74, 6) is 0. The second-order valence-corrected chi connectivity index (χ2v) is 2.73. The Morgan fingerprint density at radius 3 is 2.20 bits per heavy atom. The summed E-state index contributed by atoms with van der Waals surface area (Å²) in [4.78, 5) is 8.28. The van der Waals surface area contributed by atoms with E-state index in [1.807, 2.05) is 19.9 Å². The van der Waals surface area contributed by atoms with Gasteiger partial charge in [0, 0.05) is 17.6 Å². The van der Waals surface area contributed by atoms with Gasteiger partial charge >= 0.3 is 0 Å². The van der Waals surface area contributed by atoms with Crippen molar-refractivity contribution < 1.29 is 0 Å². The van der Waals surface area contributed by atoms with Crippen LogP contribution in [0.3, 0.4) is 0 Å². The largest absolute Gasteiger partial charge is 0.228 e. The second kappa shape index (κ2) is 3.01. The Balaban J connectivity index is 3.06. The lowest BCUT2D eigenvalue weighted by Crippen LogP contribution is -1.90. The van der Waals surface area contributed by atoms with Gasteiger partial charge in [0.1, 0.15) is 0 Å². The topological polar surface area (TPSA) is 25.8 Å². The minimum Gasteiger partial charge on any atom is -0.228 e. The van der Waals surface area contributed by atoms with Crippen molar-refractivity contribution in [2.24, 2.45) is 0 Å². The Kier molecular flexibility index (Phi) is 2.27. The fraction of sp³-hybridized carbons (Fsp3) is 0.286.